The molecule has 3 amide bonds. The molecule has 0 saturated heterocycles. The third-order valence-corrected chi connectivity index (χ3v) is 11.1. The summed E-state index contributed by atoms with van der Waals surface area (Å²) >= 11 is 0. The van der Waals surface area contributed by atoms with Gasteiger partial charge in [0.05, 0.1) is 41.0 Å². The second-order valence-electron chi connectivity index (χ2n) is 13.4. The Balaban J connectivity index is 1.41. The van der Waals surface area contributed by atoms with Crippen molar-refractivity contribution in [3.8, 4) is 5.75 Å². The molecule has 0 saturated carbocycles. The number of fused-ring (bicyclic) bond motifs is 2. The molecule has 1 aliphatic heterocycles. The number of hydrogen-bond donors (Lipinski definition) is 3. The first kappa shape index (κ1) is 38.7. The van der Waals surface area contributed by atoms with E-state index in [2.05, 4.69) is 10.6 Å². The maximum absolute atomic E-state index is 14.5. The number of sulfonamides is 1. The van der Waals surface area contributed by atoms with Gasteiger partial charge >= 0.3 is 6.03 Å². The monoisotopic (exact) mass is 734 g/mol. The number of likely N-dealkylation sites (N-methyl/N-ethyl adjacent to an activating group) is 1. The molecule has 0 fully saturated rings. The van der Waals surface area contributed by atoms with Crippen molar-refractivity contribution in [2.24, 2.45) is 5.92 Å². The van der Waals surface area contributed by atoms with Gasteiger partial charge in [0.25, 0.3) is 5.91 Å². The Bertz CT molecular complexity index is 1950. The van der Waals surface area contributed by atoms with Gasteiger partial charge in [0.15, 0.2) is 0 Å². The van der Waals surface area contributed by atoms with Crippen molar-refractivity contribution in [1.29, 1.82) is 0 Å². The topological polar surface area (TPSA) is 138 Å². The van der Waals surface area contributed by atoms with Crippen LogP contribution < -0.4 is 15.4 Å². The molecular formula is C39H47FN4O7S. The number of aliphatic hydroxyl groups excluding tert-OH is 1. The SMILES string of the molecule is C[C@@H]1CN([C@H](C)CO)C(=O)c2cc(NC(=O)Nc3cccc4ccccc34)ccc2O[C@@H](C)CCCCO[C@@H]1CN(C)S(=O)(=O)c1ccc(F)cc1. The van der Waals surface area contributed by atoms with Crippen molar-refractivity contribution in [3.05, 3.63) is 96.3 Å². The largest absolute Gasteiger partial charge is 0.490 e. The minimum atomic E-state index is -3.97. The molecule has 13 heteroatoms. The van der Waals surface area contributed by atoms with Crippen molar-refractivity contribution in [2.45, 2.75) is 63.2 Å². The highest BCUT2D eigenvalue weighted by Crippen LogP contribution is 2.30. The van der Waals surface area contributed by atoms with Gasteiger partial charge in [0.1, 0.15) is 11.6 Å². The van der Waals surface area contributed by atoms with E-state index in [0.717, 1.165) is 29.3 Å². The highest BCUT2D eigenvalue weighted by Gasteiger charge is 2.32. The summed E-state index contributed by atoms with van der Waals surface area (Å²) < 4.78 is 54.1. The van der Waals surface area contributed by atoms with Crippen LogP contribution in [0.1, 0.15) is 50.4 Å². The number of carbonyl (C=O) groups excluding carboxylic acids is 2. The van der Waals surface area contributed by atoms with Crippen molar-refractivity contribution in [2.75, 3.05) is 44.0 Å². The number of amides is 3. The normalized spacial score (nSPS) is 19.7. The third kappa shape index (κ3) is 9.45. The Labute approximate surface area is 304 Å². The van der Waals surface area contributed by atoms with Crippen LogP contribution in [0.2, 0.25) is 0 Å². The number of ether oxygens (including phenoxy) is 2. The number of halogens is 1. The van der Waals surface area contributed by atoms with Crippen LogP contribution in [0.25, 0.3) is 10.8 Å². The maximum Gasteiger partial charge on any atom is 0.323 e. The zero-order valence-electron chi connectivity index (χ0n) is 29.9. The first-order chi connectivity index (χ1) is 24.9. The van der Waals surface area contributed by atoms with Crippen LogP contribution in [0.3, 0.4) is 0 Å². The predicted molar refractivity (Wildman–Crippen MR) is 200 cm³/mol. The number of anilines is 2. The van der Waals surface area contributed by atoms with E-state index < -0.39 is 39.9 Å². The second kappa shape index (κ2) is 17.3. The van der Waals surface area contributed by atoms with Crippen molar-refractivity contribution in [3.63, 3.8) is 0 Å². The highest BCUT2D eigenvalue weighted by molar-refractivity contribution is 7.89. The minimum Gasteiger partial charge on any atom is -0.490 e. The molecule has 0 unspecified atom stereocenters. The van der Waals surface area contributed by atoms with Crippen LogP contribution in [0.4, 0.5) is 20.6 Å². The molecule has 11 nitrogen and oxygen atoms in total. The summed E-state index contributed by atoms with van der Waals surface area (Å²) in [5, 5.41) is 17.9. The standard InChI is InChI=1S/C39H47FN4O7S/c1-26-23-44(27(2)25-45)38(46)34-22-31(41-39(47)42-35-14-9-12-29-11-5-6-13-33(29)35)17-20-36(34)51-28(3)10-7-8-21-50-37(26)24-43(4)52(48,49)32-18-15-30(40)16-19-32/h5-6,9,11-20,22,26-28,37,45H,7-8,10,21,23-25H2,1-4H3,(H2,41,42,47)/t26-,27-,28+,37-/m1/s1. The lowest BCUT2D eigenvalue weighted by Gasteiger charge is -2.35. The Morgan fingerprint density at radius 3 is 2.50 bits per heavy atom. The summed E-state index contributed by atoms with van der Waals surface area (Å²) in [5.41, 5.74) is 1.19. The predicted octanol–water partition coefficient (Wildman–Crippen LogP) is 6.74. The van der Waals surface area contributed by atoms with Gasteiger partial charge in [-0.25, -0.2) is 17.6 Å². The summed E-state index contributed by atoms with van der Waals surface area (Å²) in [6.07, 6.45) is 1.25. The van der Waals surface area contributed by atoms with E-state index in [-0.39, 0.29) is 42.2 Å². The summed E-state index contributed by atoms with van der Waals surface area (Å²) in [6, 6.07) is 21.8. The van der Waals surface area contributed by atoms with Gasteiger partial charge in [-0.3, -0.25) is 4.79 Å². The minimum absolute atomic E-state index is 0.0214. The highest BCUT2D eigenvalue weighted by atomic mass is 32.2. The molecule has 0 radical (unpaired) electrons. The molecule has 0 spiro atoms. The van der Waals surface area contributed by atoms with Gasteiger partial charge < -0.3 is 30.1 Å². The molecule has 0 aromatic heterocycles. The van der Waals surface area contributed by atoms with Gasteiger partial charge in [-0.2, -0.15) is 4.31 Å². The van der Waals surface area contributed by atoms with Gasteiger partial charge in [0, 0.05) is 43.7 Å². The number of nitrogens with zero attached hydrogens (tertiary/aromatic N) is 2. The van der Waals surface area contributed by atoms with Crippen LogP contribution in [0.15, 0.2) is 89.8 Å². The van der Waals surface area contributed by atoms with Gasteiger partial charge in [0.2, 0.25) is 10.0 Å². The molecule has 0 bridgehead atoms. The molecule has 52 heavy (non-hydrogen) atoms. The Morgan fingerprint density at radius 1 is 1.02 bits per heavy atom. The molecule has 1 heterocycles. The molecule has 4 atom stereocenters. The lowest BCUT2D eigenvalue weighted by molar-refractivity contribution is -0.00834. The van der Waals surface area contributed by atoms with Crippen molar-refractivity contribution in [1.82, 2.24) is 9.21 Å². The van der Waals surface area contributed by atoms with E-state index >= 15 is 0 Å². The van der Waals surface area contributed by atoms with E-state index in [0.29, 0.717) is 36.6 Å². The molecular weight excluding hydrogens is 688 g/mol. The van der Waals surface area contributed by atoms with Crippen LogP contribution in [0.5, 0.6) is 5.75 Å². The van der Waals surface area contributed by atoms with Crippen LogP contribution in [-0.2, 0) is 14.8 Å². The number of nitrogens with one attached hydrogen (secondary N) is 2. The zero-order valence-corrected chi connectivity index (χ0v) is 30.7. The molecule has 278 valence electrons. The molecule has 0 aliphatic carbocycles. The van der Waals surface area contributed by atoms with Gasteiger partial charge in [-0.1, -0.05) is 43.3 Å². The number of urea groups is 1. The van der Waals surface area contributed by atoms with Gasteiger partial charge in [-0.15, -0.1) is 0 Å². The lowest BCUT2D eigenvalue weighted by Crippen LogP contribution is -2.48. The van der Waals surface area contributed by atoms with E-state index in [1.54, 1.807) is 25.1 Å². The molecule has 5 rings (SSSR count). The number of rotatable bonds is 8. The van der Waals surface area contributed by atoms with Crippen LogP contribution >= 0.6 is 0 Å². The first-order valence-electron chi connectivity index (χ1n) is 17.5. The van der Waals surface area contributed by atoms with Crippen molar-refractivity contribution < 1.29 is 37.0 Å². The number of carbonyl (C=O) groups is 2. The Hall–Kier alpha value is -4.56. The van der Waals surface area contributed by atoms with Crippen LogP contribution in [0, 0.1) is 11.7 Å². The molecule has 4 aromatic carbocycles. The van der Waals surface area contributed by atoms with Crippen molar-refractivity contribution >= 4 is 44.1 Å². The average molecular weight is 735 g/mol. The number of aliphatic hydroxyl groups is 1. The fourth-order valence-corrected chi connectivity index (χ4v) is 7.40. The quantitative estimate of drug-likeness (QED) is 0.182. The number of benzene rings is 4. The molecule has 3 N–H and O–H groups in total. The second-order valence-corrected chi connectivity index (χ2v) is 15.4. The molecule has 4 aromatic rings. The summed E-state index contributed by atoms with van der Waals surface area (Å²) in [7, 11) is -2.52. The Morgan fingerprint density at radius 2 is 1.75 bits per heavy atom. The van der Waals surface area contributed by atoms with E-state index in [4.69, 9.17) is 9.47 Å². The average Bonchev–Trinajstić information content (AvgIpc) is 3.13. The zero-order chi connectivity index (χ0) is 37.4. The number of hydrogen-bond acceptors (Lipinski definition) is 7. The summed E-state index contributed by atoms with van der Waals surface area (Å²) in [6.45, 7) is 5.63. The summed E-state index contributed by atoms with van der Waals surface area (Å²) in [5.74, 6) is -1.02. The van der Waals surface area contributed by atoms with Gasteiger partial charge in [-0.05, 0) is 87.0 Å². The fraction of sp³-hybridized carbons (Fsp3) is 0.385. The lowest BCUT2D eigenvalue weighted by atomic mass is 10.0. The Kier molecular flexibility index (Phi) is 12.9. The van der Waals surface area contributed by atoms with E-state index in [9.17, 15) is 27.5 Å². The smallest absolute Gasteiger partial charge is 0.323 e. The maximum atomic E-state index is 14.5. The first-order valence-corrected chi connectivity index (χ1v) is 18.9. The third-order valence-electron chi connectivity index (χ3n) is 9.31. The van der Waals surface area contributed by atoms with E-state index in [1.165, 1.54) is 28.4 Å². The molecule has 1 aliphatic rings. The summed E-state index contributed by atoms with van der Waals surface area (Å²) in [4.78, 5) is 29.1. The fourth-order valence-electron chi connectivity index (χ4n) is 6.22. The van der Waals surface area contributed by atoms with E-state index in [1.807, 2.05) is 56.3 Å². The van der Waals surface area contributed by atoms with Crippen LogP contribution in [-0.4, -0.2) is 86.3 Å².